The zero-order chi connectivity index (χ0) is 18.8. The van der Waals surface area contributed by atoms with Crippen molar-refractivity contribution in [2.75, 3.05) is 19.4 Å². The van der Waals surface area contributed by atoms with E-state index in [1.165, 1.54) is 22.2 Å². The lowest BCUT2D eigenvalue weighted by Gasteiger charge is -2.33. The van der Waals surface area contributed by atoms with Gasteiger partial charge < -0.3 is 9.64 Å². The fraction of sp³-hybridized carbons (Fsp3) is 0.316. The van der Waals surface area contributed by atoms with E-state index in [-0.39, 0.29) is 11.9 Å². The Kier molecular flexibility index (Phi) is 5.18. The number of ether oxygens (including phenoxy) is 1. The van der Waals surface area contributed by atoms with Crippen molar-refractivity contribution in [3.63, 3.8) is 0 Å². The highest BCUT2D eigenvalue weighted by Gasteiger charge is 2.28. The van der Waals surface area contributed by atoms with Crippen LogP contribution in [-0.2, 0) is 11.2 Å². The molecule has 8 heteroatoms. The number of fused-ring (bicyclic) bond motifs is 1. The second-order valence-corrected chi connectivity index (χ2v) is 8.23. The van der Waals surface area contributed by atoms with Gasteiger partial charge in [0.05, 0.1) is 18.9 Å². The Labute approximate surface area is 166 Å². The van der Waals surface area contributed by atoms with Gasteiger partial charge in [0, 0.05) is 17.1 Å². The zero-order valence-electron chi connectivity index (χ0n) is 15.2. The van der Waals surface area contributed by atoms with Crippen LogP contribution in [0.2, 0.25) is 0 Å². The fourth-order valence-corrected chi connectivity index (χ4v) is 5.08. The summed E-state index contributed by atoms with van der Waals surface area (Å²) in [4.78, 5) is 16.2. The van der Waals surface area contributed by atoms with Crippen LogP contribution in [0.1, 0.15) is 23.4 Å². The van der Waals surface area contributed by atoms with E-state index in [9.17, 15) is 4.79 Å². The Balaban J connectivity index is 1.44. The number of amides is 1. The molecule has 0 bridgehead atoms. The SMILES string of the molecule is COc1ccc(-n2cnnc2SCC(=O)N2CCc3sccc3C2C)cc1. The van der Waals surface area contributed by atoms with Gasteiger partial charge in [-0.3, -0.25) is 9.36 Å². The number of methoxy groups -OCH3 is 1. The van der Waals surface area contributed by atoms with E-state index in [1.54, 1.807) is 24.8 Å². The van der Waals surface area contributed by atoms with Crippen LogP contribution in [0.4, 0.5) is 0 Å². The molecule has 0 spiro atoms. The minimum Gasteiger partial charge on any atom is -0.497 e. The maximum absolute atomic E-state index is 12.8. The molecule has 1 aliphatic heterocycles. The monoisotopic (exact) mass is 400 g/mol. The summed E-state index contributed by atoms with van der Waals surface area (Å²) in [7, 11) is 1.64. The van der Waals surface area contributed by atoms with Crippen LogP contribution in [0.3, 0.4) is 0 Å². The summed E-state index contributed by atoms with van der Waals surface area (Å²) in [5, 5.41) is 11.0. The Morgan fingerprint density at radius 3 is 2.93 bits per heavy atom. The van der Waals surface area contributed by atoms with Crippen molar-refractivity contribution in [3.8, 4) is 11.4 Å². The number of aromatic nitrogens is 3. The fourth-order valence-electron chi connectivity index (χ4n) is 3.30. The molecule has 1 aliphatic rings. The van der Waals surface area contributed by atoms with E-state index in [0.29, 0.717) is 10.9 Å². The van der Waals surface area contributed by atoms with E-state index >= 15 is 0 Å². The number of carbonyl (C=O) groups is 1. The molecule has 2 aromatic heterocycles. The van der Waals surface area contributed by atoms with Gasteiger partial charge in [-0.15, -0.1) is 21.5 Å². The average molecular weight is 401 g/mol. The Hall–Kier alpha value is -2.32. The predicted octanol–water partition coefficient (Wildman–Crippen LogP) is 3.58. The third kappa shape index (κ3) is 3.59. The van der Waals surface area contributed by atoms with Gasteiger partial charge in [-0.1, -0.05) is 11.8 Å². The summed E-state index contributed by atoms with van der Waals surface area (Å²) in [5.41, 5.74) is 2.22. The minimum atomic E-state index is 0.132. The first kappa shape index (κ1) is 18.1. The molecule has 0 saturated heterocycles. The molecule has 1 amide bonds. The highest BCUT2D eigenvalue weighted by Crippen LogP contribution is 2.33. The Morgan fingerprint density at radius 1 is 1.33 bits per heavy atom. The maximum Gasteiger partial charge on any atom is 0.233 e. The van der Waals surface area contributed by atoms with Crippen LogP contribution in [-0.4, -0.2) is 45.0 Å². The molecule has 1 atom stereocenters. The lowest BCUT2D eigenvalue weighted by Crippen LogP contribution is -2.39. The summed E-state index contributed by atoms with van der Waals surface area (Å²) in [5.74, 6) is 1.27. The molecule has 0 saturated carbocycles. The number of benzene rings is 1. The number of carbonyl (C=O) groups excluding carboxylic acids is 1. The van der Waals surface area contributed by atoms with E-state index in [4.69, 9.17) is 4.74 Å². The number of rotatable bonds is 5. The summed E-state index contributed by atoms with van der Waals surface area (Å²) in [6.45, 7) is 2.88. The largest absolute Gasteiger partial charge is 0.497 e. The van der Waals surface area contributed by atoms with Gasteiger partial charge in [0.2, 0.25) is 5.91 Å². The molecule has 3 aromatic rings. The second-order valence-electron chi connectivity index (χ2n) is 6.28. The third-order valence-electron chi connectivity index (χ3n) is 4.79. The maximum atomic E-state index is 12.8. The van der Waals surface area contributed by atoms with Gasteiger partial charge in [-0.25, -0.2) is 0 Å². The highest BCUT2D eigenvalue weighted by molar-refractivity contribution is 7.99. The summed E-state index contributed by atoms with van der Waals surface area (Å²) in [6, 6.07) is 9.94. The van der Waals surface area contributed by atoms with Crippen molar-refractivity contribution in [1.82, 2.24) is 19.7 Å². The average Bonchev–Trinajstić information content (AvgIpc) is 3.36. The number of thiophene rings is 1. The van der Waals surface area contributed by atoms with Crippen LogP contribution in [0.5, 0.6) is 5.75 Å². The van der Waals surface area contributed by atoms with Gasteiger partial charge in [0.1, 0.15) is 12.1 Å². The lowest BCUT2D eigenvalue weighted by molar-refractivity contribution is -0.130. The van der Waals surface area contributed by atoms with Gasteiger partial charge in [-0.05, 0) is 54.6 Å². The van der Waals surface area contributed by atoms with Crippen molar-refractivity contribution >= 4 is 29.0 Å². The summed E-state index contributed by atoms with van der Waals surface area (Å²) >= 11 is 3.20. The van der Waals surface area contributed by atoms with Crippen molar-refractivity contribution in [2.45, 2.75) is 24.5 Å². The van der Waals surface area contributed by atoms with Crippen LogP contribution in [0.15, 0.2) is 47.2 Å². The van der Waals surface area contributed by atoms with Crippen molar-refractivity contribution in [1.29, 1.82) is 0 Å². The molecular formula is C19H20N4O2S2. The molecule has 0 radical (unpaired) electrons. The van der Waals surface area contributed by atoms with Gasteiger partial charge in [-0.2, -0.15) is 0 Å². The molecule has 1 aromatic carbocycles. The molecule has 1 unspecified atom stereocenters. The smallest absolute Gasteiger partial charge is 0.233 e. The first-order valence-electron chi connectivity index (χ1n) is 8.70. The molecule has 3 heterocycles. The first-order valence-corrected chi connectivity index (χ1v) is 10.6. The summed E-state index contributed by atoms with van der Waals surface area (Å²) < 4.78 is 7.08. The number of thioether (sulfide) groups is 1. The normalized spacial score (nSPS) is 16.2. The van der Waals surface area contributed by atoms with Crippen LogP contribution in [0.25, 0.3) is 5.69 Å². The topological polar surface area (TPSA) is 60.2 Å². The predicted molar refractivity (Wildman–Crippen MR) is 107 cm³/mol. The first-order chi connectivity index (χ1) is 13.2. The van der Waals surface area contributed by atoms with Crippen molar-refractivity contribution < 1.29 is 9.53 Å². The molecule has 4 rings (SSSR count). The lowest BCUT2D eigenvalue weighted by atomic mass is 10.0. The molecule has 27 heavy (non-hydrogen) atoms. The van der Waals surface area contributed by atoms with Crippen LogP contribution >= 0.6 is 23.1 Å². The number of hydrogen-bond donors (Lipinski definition) is 0. The molecular weight excluding hydrogens is 380 g/mol. The van der Waals surface area contributed by atoms with Crippen LogP contribution < -0.4 is 4.74 Å². The van der Waals surface area contributed by atoms with Crippen LogP contribution in [0, 0.1) is 0 Å². The number of nitrogens with zero attached hydrogens (tertiary/aromatic N) is 4. The quantitative estimate of drug-likeness (QED) is 0.613. The minimum absolute atomic E-state index is 0.132. The summed E-state index contributed by atoms with van der Waals surface area (Å²) in [6.07, 6.45) is 2.60. The molecule has 6 nitrogen and oxygen atoms in total. The molecule has 0 fully saturated rings. The van der Waals surface area contributed by atoms with Gasteiger partial charge in [0.25, 0.3) is 0 Å². The number of hydrogen-bond acceptors (Lipinski definition) is 6. The highest BCUT2D eigenvalue weighted by atomic mass is 32.2. The Bertz CT molecular complexity index is 935. The molecule has 0 aliphatic carbocycles. The van der Waals surface area contributed by atoms with E-state index in [1.807, 2.05) is 33.7 Å². The van der Waals surface area contributed by atoms with E-state index < -0.39 is 0 Å². The molecule has 0 N–H and O–H groups in total. The van der Waals surface area contributed by atoms with E-state index in [2.05, 4.69) is 28.6 Å². The van der Waals surface area contributed by atoms with Gasteiger partial charge in [0.15, 0.2) is 5.16 Å². The van der Waals surface area contributed by atoms with E-state index in [0.717, 1.165) is 24.4 Å². The van der Waals surface area contributed by atoms with Gasteiger partial charge >= 0.3 is 0 Å². The third-order valence-corrected chi connectivity index (χ3v) is 6.71. The molecule has 140 valence electrons. The zero-order valence-corrected chi connectivity index (χ0v) is 16.8. The van der Waals surface area contributed by atoms with Crippen molar-refractivity contribution in [2.24, 2.45) is 0 Å². The standard InChI is InChI=1S/C19H20N4O2S2/c1-13-16-8-10-26-17(16)7-9-22(13)18(24)11-27-19-21-20-12-23(19)14-3-5-15(25-2)6-4-14/h3-6,8,10,12-13H,7,9,11H2,1-2H3. The van der Waals surface area contributed by atoms with Crippen molar-refractivity contribution in [3.05, 3.63) is 52.5 Å². The second kappa shape index (κ2) is 7.74. The Morgan fingerprint density at radius 2 is 2.15 bits per heavy atom.